The van der Waals surface area contributed by atoms with E-state index in [1.807, 2.05) is 31.2 Å². The summed E-state index contributed by atoms with van der Waals surface area (Å²) in [5, 5.41) is 10.5. The van der Waals surface area contributed by atoms with Gasteiger partial charge in [-0.25, -0.2) is 0 Å². The Bertz CT molecular complexity index is 853. The standard InChI is InChI=1S/C20H22N2O2/c1-13-18(12-15(10-11-21)20(23)24)17-9-5-8-16(19(17)22-13)14-6-3-2-4-7-14/h2-9,15,22H,10-12,21H2,1H3,(H,23,24). The lowest BCUT2D eigenvalue weighted by atomic mass is 9.93. The van der Waals surface area contributed by atoms with E-state index < -0.39 is 11.9 Å². The number of benzene rings is 2. The number of fused-ring (bicyclic) bond motifs is 1. The molecule has 3 aromatic rings. The molecule has 1 aromatic heterocycles. The molecule has 0 saturated heterocycles. The molecule has 4 nitrogen and oxygen atoms in total. The van der Waals surface area contributed by atoms with Crippen molar-refractivity contribution >= 4 is 16.9 Å². The molecule has 0 amide bonds. The molecule has 0 aliphatic carbocycles. The van der Waals surface area contributed by atoms with Crippen LogP contribution in [-0.2, 0) is 11.2 Å². The van der Waals surface area contributed by atoms with Crippen molar-refractivity contribution in [3.8, 4) is 11.1 Å². The summed E-state index contributed by atoms with van der Waals surface area (Å²) in [6, 6.07) is 16.4. The number of carboxylic acid groups (broad SMARTS) is 1. The second-order valence-electron chi connectivity index (χ2n) is 6.14. The number of aromatic amines is 1. The van der Waals surface area contributed by atoms with Gasteiger partial charge in [-0.15, -0.1) is 0 Å². The Morgan fingerprint density at radius 2 is 1.92 bits per heavy atom. The number of carbonyl (C=O) groups is 1. The summed E-state index contributed by atoms with van der Waals surface area (Å²) >= 11 is 0. The van der Waals surface area contributed by atoms with Crippen LogP contribution in [0, 0.1) is 12.8 Å². The zero-order valence-corrected chi connectivity index (χ0v) is 13.8. The second kappa shape index (κ2) is 6.89. The van der Waals surface area contributed by atoms with E-state index in [4.69, 9.17) is 5.73 Å². The van der Waals surface area contributed by atoms with Gasteiger partial charge in [-0.3, -0.25) is 4.79 Å². The van der Waals surface area contributed by atoms with Gasteiger partial charge in [0.1, 0.15) is 0 Å². The topological polar surface area (TPSA) is 79.1 Å². The van der Waals surface area contributed by atoms with Crippen molar-refractivity contribution in [3.05, 3.63) is 59.8 Å². The predicted octanol–water partition coefficient (Wildman–Crippen LogP) is 3.74. The summed E-state index contributed by atoms with van der Waals surface area (Å²) in [7, 11) is 0. The Kier molecular flexibility index (Phi) is 4.67. The molecule has 124 valence electrons. The fraction of sp³-hybridized carbons (Fsp3) is 0.250. The molecule has 2 aromatic carbocycles. The van der Waals surface area contributed by atoms with E-state index in [0.29, 0.717) is 19.4 Å². The molecule has 3 rings (SSSR count). The van der Waals surface area contributed by atoms with Gasteiger partial charge in [0.2, 0.25) is 0 Å². The second-order valence-corrected chi connectivity index (χ2v) is 6.14. The third kappa shape index (κ3) is 3.05. The van der Waals surface area contributed by atoms with E-state index in [1.54, 1.807) is 0 Å². The number of hydrogen-bond donors (Lipinski definition) is 3. The number of rotatable bonds is 6. The molecular formula is C20H22N2O2. The van der Waals surface area contributed by atoms with Crippen molar-refractivity contribution in [2.45, 2.75) is 19.8 Å². The summed E-state index contributed by atoms with van der Waals surface area (Å²) in [6.45, 7) is 2.39. The average molecular weight is 322 g/mol. The highest BCUT2D eigenvalue weighted by atomic mass is 16.4. The maximum atomic E-state index is 11.5. The third-order valence-electron chi connectivity index (χ3n) is 4.55. The van der Waals surface area contributed by atoms with Crippen molar-refractivity contribution in [1.82, 2.24) is 4.98 Å². The minimum atomic E-state index is -0.784. The maximum Gasteiger partial charge on any atom is 0.306 e. The van der Waals surface area contributed by atoms with Gasteiger partial charge in [0, 0.05) is 16.6 Å². The lowest BCUT2D eigenvalue weighted by Crippen LogP contribution is -2.20. The van der Waals surface area contributed by atoms with E-state index in [2.05, 4.69) is 29.2 Å². The third-order valence-corrected chi connectivity index (χ3v) is 4.55. The predicted molar refractivity (Wildman–Crippen MR) is 97.0 cm³/mol. The van der Waals surface area contributed by atoms with Crippen LogP contribution in [0.5, 0.6) is 0 Å². The Hall–Kier alpha value is -2.59. The first-order valence-electron chi connectivity index (χ1n) is 8.20. The summed E-state index contributed by atoms with van der Waals surface area (Å²) in [5.74, 6) is -1.23. The number of nitrogens with one attached hydrogen (secondary N) is 1. The fourth-order valence-corrected chi connectivity index (χ4v) is 3.29. The van der Waals surface area contributed by atoms with Crippen molar-refractivity contribution in [3.63, 3.8) is 0 Å². The van der Waals surface area contributed by atoms with Gasteiger partial charge in [0.05, 0.1) is 11.4 Å². The van der Waals surface area contributed by atoms with Gasteiger partial charge in [-0.05, 0) is 37.4 Å². The van der Waals surface area contributed by atoms with Gasteiger partial charge in [0.25, 0.3) is 0 Å². The molecule has 4 N–H and O–H groups in total. The first kappa shape index (κ1) is 16.3. The smallest absolute Gasteiger partial charge is 0.306 e. The van der Waals surface area contributed by atoms with E-state index in [9.17, 15) is 9.90 Å². The van der Waals surface area contributed by atoms with Crippen molar-refractivity contribution < 1.29 is 9.90 Å². The van der Waals surface area contributed by atoms with Gasteiger partial charge in [-0.1, -0.05) is 48.5 Å². The Balaban J connectivity index is 2.08. The molecule has 0 bridgehead atoms. The molecule has 1 atom stereocenters. The molecule has 0 aliphatic rings. The minimum Gasteiger partial charge on any atom is -0.481 e. The van der Waals surface area contributed by atoms with Crippen LogP contribution in [0.25, 0.3) is 22.0 Å². The highest BCUT2D eigenvalue weighted by molar-refractivity contribution is 5.97. The van der Waals surface area contributed by atoms with Gasteiger partial charge < -0.3 is 15.8 Å². The van der Waals surface area contributed by atoms with Crippen LogP contribution in [0.15, 0.2) is 48.5 Å². The number of aliphatic carboxylic acids is 1. The molecule has 1 heterocycles. The Morgan fingerprint density at radius 3 is 2.58 bits per heavy atom. The van der Waals surface area contributed by atoms with Crippen LogP contribution in [0.4, 0.5) is 0 Å². The number of hydrogen-bond acceptors (Lipinski definition) is 2. The van der Waals surface area contributed by atoms with Crippen LogP contribution in [0.3, 0.4) is 0 Å². The molecular weight excluding hydrogens is 300 g/mol. The van der Waals surface area contributed by atoms with Crippen molar-refractivity contribution in [2.24, 2.45) is 11.7 Å². The number of nitrogens with two attached hydrogens (primary N) is 1. The minimum absolute atomic E-state index is 0.383. The van der Waals surface area contributed by atoms with Crippen molar-refractivity contribution in [2.75, 3.05) is 6.54 Å². The fourth-order valence-electron chi connectivity index (χ4n) is 3.29. The van der Waals surface area contributed by atoms with E-state index in [0.717, 1.165) is 33.3 Å². The Morgan fingerprint density at radius 1 is 1.17 bits per heavy atom. The maximum absolute atomic E-state index is 11.5. The molecule has 0 saturated carbocycles. The highest BCUT2D eigenvalue weighted by Crippen LogP contribution is 2.32. The molecule has 0 radical (unpaired) electrons. The molecule has 0 aliphatic heterocycles. The first-order chi connectivity index (χ1) is 11.6. The van der Waals surface area contributed by atoms with E-state index in [1.165, 1.54) is 0 Å². The molecule has 0 fully saturated rings. The number of para-hydroxylation sites is 1. The van der Waals surface area contributed by atoms with Crippen LogP contribution in [0.1, 0.15) is 17.7 Å². The van der Waals surface area contributed by atoms with E-state index >= 15 is 0 Å². The Labute approximate surface area is 141 Å². The monoisotopic (exact) mass is 322 g/mol. The zero-order valence-electron chi connectivity index (χ0n) is 13.8. The lowest BCUT2D eigenvalue weighted by Gasteiger charge is -2.11. The number of carboxylic acids is 1. The number of aryl methyl sites for hydroxylation is 1. The average Bonchev–Trinajstić information content (AvgIpc) is 2.90. The van der Waals surface area contributed by atoms with E-state index in [-0.39, 0.29) is 0 Å². The molecule has 0 spiro atoms. The normalized spacial score (nSPS) is 12.4. The first-order valence-corrected chi connectivity index (χ1v) is 8.20. The van der Waals surface area contributed by atoms with Gasteiger partial charge in [-0.2, -0.15) is 0 Å². The molecule has 1 unspecified atom stereocenters. The van der Waals surface area contributed by atoms with Gasteiger partial charge >= 0.3 is 5.97 Å². The number of H-pyrrole nitrogens is 1. The lowest BCUT2D eigenvalue weighted by molar-refractivity contribution is -0.141. The molecule has 24 heavy (non-hydrogen) atoms. The quantitative estimate of drug-likeness (QED) is 0.647. The highest BCUT2D eigenvalue weighted by Gasteiger charge is 2.21. The SMILES string of the molecule is Cc1[nH]c2c(-c3ccccc3)cccc2c1CC(CCN)C(=O)O. The molecule has 4 heteroatoms. The van der Waals surface area contributed by atoms with Crippen molar-refractivity contribution in [1.29, 1.82) is 0 Å². The van der Waals surface area contributed by atoms with Crippen LogP contribution >= 0.6 is 0 Å². The summed E-state index contributed by atoms with van der Waals surface area (Å²) in [6.07, 6.45) is 0.983. The summed E-state index contributed by atoms with van der Waals surface area (Å²) < 4.78 is 0. The van der Waals surface area contributed by atoms with Crippen LogP contribution in [-0.4, -0.2) is 22.6 Å². The largest absolute Gasteiger partial charge is 0.481 e. The zero-order chi connectivity index (χ0) is 17.1. The van der Waals surface area contributed by atoms with Crippen LogP contribution < -0.4 is 5.73 Å². The summed E-state index contributed by atoms with van der Waals surface area (Å²) in [5.41, 5.74) is 11.0. The van der Waals surface area contributed by atoms with Gasteiger partial charge in [0.15, 0.2) is 0 Å². The van der Waals surface area contributed by atoms with Crippen LogP contribution in [0.2, 0.25) is 0 Å². The summed E-state index contributed by atoms with van der Waals surface area (Å²) in [4.78, 5) is 14.9. The number of aromatic nitrogens is 1.